The molecule has 0 saturated heterocycles. The van der Waals surface area contributed by atoms with Gasteiger partial charge in [0, 0.05) is 0 Å². The monoisotopic (exact) mass is 301 g/mol. The van der Waals surface area contributed by atoms with Crippen LogP contribution in [0.1, 0.15) is 20.8 Å². The van der Waals surface area contributed by atoms with Crippen LogP contribution in [0.25, 0.3) is 0 Å². The van der Waals surface area contributed by atoms with Gasteiger partial charge in [-0.25, -0.2) is 15.8 Å². The molecule has 0 atom stereocenters. The standard InChI is InChI=1S/C10H15N5O4S/c1-10(2,3)19-6(16)4-20-9-7(15(17)18)8(14-11)12-5-13-9/h5H,4,11H2,1-3H3,(H,12,13,14). The molecule has 0 aliphatic heterocycles. The zero-order valence-electron chi connectivity index (χ0n) is 11.2. The number of hydrogen-bond donors (Lipinski definition) is 2. The fraction of sp³-hybridized carbons (Fsp3) is 0.500. The molecule has 1 heterocycles. The molecule has 0 aliphatic rings. The number of nitrogen functional groups attached to an aromatic ring is 1. The van der Waals surface area contributed by atoms with E-state index in [-0.39, 0.29) is 22.3 Å². The smallest absolute Gasteiger partial charge is 0.344 e. The van der Waals surface area contributed by atoms with Crippen molar-refractivity contribution in [1.82, 2.24) is 9.97 Å². The van der Waals surface area contributed by atoms with Gasteiger partial charge in [0.25, 0.3) is 0 Å². The Bertz CT molecular complexity index is 517. The first kappa shape index (κ1) is 16.1. The molecule has 0 amide bonds. The molecule has 1 aromatic rings. The number of thioether (sulfide) groups is 1. The van der Waals surface area contributed by atoms with E-state index in [1.54, 1.807) is 20.8 Å². The molecule has 0 unspecified atom stereocenters. The number of hydrogen-bond acceptors (Lipinski definition) is 9. The van der Waals surface area contributed by atoms with Gasteiger partial charge in [-0.2, -0.15) is 0 Å². The minimum absolute atomic E-state index is 0.0452. The predicted octanol–water partition coefficient (Wildman–Crippen LogP) is 1.10. The second-order valence-electron chi connectivity index (χ2n) is 4.65. The zero-order chi connectivity index (χ0) is 15.3. The Morgan fingerprint density at radius 1 is 1.55 bits per heavy atom. The molecule has 110 valence electrons. The van der Waals surface area contributed by atoms with Crippen LogP contribution in [0.4, 0.5) is 11.5 Å². The highest BCUT2D eigenvalue weighted by atomic mass is 32.2. The summed E-state index contributed by atoms with van der Waals surface area (Å²) in [4.78, 5) is 29.3. The van der Waals surface area contributed by atoms with Gasteiger partial charge in [-0.05, 0) is 20.8 Å². The summed E-state index contributed by atoms with van der Waals surface area (Å²) in [7, 11) is 0. The van der Waals surface area contributed by atoms with Gasteiger partial charge in [0.05, 0.1) is 10.7 Å². The van der Waals surface area contributed by atoms with Crippen molar-refractivity contribution in [3.63, 3.8) is 0 Å². The van der Waals surface area contributed by atoms with Crippen molar-refractivity contribution < 1.29 is 14.5 Å². The lowest BCUT2D eigenvalue weighted by Gasteiger charge is -2.19. The number of rotatable bonds is 5. The van der Waals surface area contributed by atoms with Crippen LogP contribution in [0.15, 0.2) is 11.4 Å². The van der Waals surface area contributed by atoms with Crippen molar-refractivity contribution in [3.05, 3.63) is 16.4 Å². The molecule has 0 saturated carbocycles. The van der Waals surface area contributed by atoms with Crippen LogP contribution in [0.2, 0.25) is 0 Å². The third-order valence-corrected chi connectivity index (χ3v) is 2.81. The molecule has 0 aromatic carbocycles. The van der Waals surface area contributed by atoms with E-state index in [1.165, 1.54) is 0 Å². The van der Waals surface area contributed by atoms with Crippen LogP contribution >= 0.6 is 11.8 Å². The zero-order valence-corrected chi connectivity index (χ0v) is 12.1. The third-order valence-electron chi connectivity index (χ3n) is 1.85. The highest BCUT2D eigenvalue weighted by molar-refractivity contribution is 8.00. The van der Waals surface area contributed by atoms with Gasteiger partial charge in [0.1, 0.15) is 11.9 Å². The number of nitrogens with two attached hydrogens (primary N) is 1. The SMILES string of the molecule is CC(C)(C)OC(=O)CSc1ncnc(NN)c1[N+](=O)[O-]. The van der Waals surface area contributed by atoms with E-state index < -0.39 is 16.5 Å². The fourth-order valence-corrected chi connectivity index (χ4v) is 1.98. The number of anilines is 1. The van der Waals surface area contributed by atoms with Gasteiger partial charge < -0.3 is 10.2 Å². The van der Waals surface area contributed by atoms with Gasteiger partial charge in [-0.1, -0.05) is 11.8 Å². The van der Waals surface area contributed by atoms with Crippen LogP contribution in [-0.4, -0.2) is 32.2 Å². The highest BCUT2D eigenvalue weighted by Gasteiger charge is 2.24. The molecule has 20 heavy (non-hydrogen) atoms. The van der Waals surface area contributed by atoms with Gasteiger partial charge in [0.2, 0.25) is 5.82 Å². The molecule has 9 nitrogen and oxygen atoms in total. The lowest BCUT2D eigenvalue weighted by atomic mass is 10.2. The quantitative estimate of drug-likeness (QED) is 0.205. The lowest BCUT2D eigenvalue weighted by Crippen LogP contribution is -2.25. The van der Waals surface area contributed by atoms with E-state index in [4.69, 9.17) is 10.6 Å². The molecule has 0 fully saturated rings. The minimum atomic E-state index is -0.660. The Hall–Kier alpha value is -1.94. The predicted molar refractivity (Wildman–Crippen MR) is 73.1 cm³/mol. The Morgan fingerprint density at radius 3 is 2.70 bits per heavy atom. The molecule has 0 bridgehead atoms. The number of nitrogens with one attached hydrogen (secondary N) is 1. The van der Waals surface area contributed by atoms with Crippen LogP contribution in [0.5, 0.6) is 0 Å². The van der Waals surface area contributed by atoms with E-state index in [9.17, 15) is 14.9 Å². The summed E-state index contributed by atoms with van der Waals surface area (Å²) in [5.41, 5.74) is 1.14. The van der Waals surface area contributed by atoms with Gasteiger partial charge in [0.15, 0.2) is 5.03 Å². The van der Waals surface area contributed by atoms with Crippen molar-refractivity contribution in [3.8, 4) is 0 Å². The number of esters is 1. The summed E-state index contributed by atoms with van der Waals surface area (Å²) < 4.78 is 5.10. The normalized spacial score (nSPS) is 11.0. The maximum absolute atomic E-state index is 11.6. The molecule has 1 rings (SSSR count). The molecule has 10 heteroatoms. The number of nitro groups is 1. The van der Waals surface area contributed by atoms with E-state index in [2.05, 4.69) is 15.4 Å². The van der Waals surface area contributed by atoms with Crippen molar-refractivity contribution in [2.75, 3.05) is 11.2 Å². The van der Waals surface area contributed by atoms with E-state index in [1.807, 2.05) is 0 Å². The number of nitrogens with zero attached hydrogens (tertiary/aromatic N) is 3. The molecule has 0 radical (unpaired) electrons. The fourth-order valence-electron chi connectivity index (χ4n) is 1.24. The van der Waals surface area contributed by atoms with Crippen LogP contribution in [-0.2, 0) is 9.53 Å². The summed E-state index contributed by atoms with van der Waals surface area (Å²) >= 11 is 0.891. The van der Waals surface area contributed by atoms with E-state index in [0.717, 1.165) is 18.1 Å². The molecule has 0 spiro atoms. The maximum atomic E-state index is 11.6. The first-order chi connectivity index (χ1) is 9.24. The average Bonchev–Trinajstić information content (AvgIpc) is 2.33. The third kappa shape index (κ3) is 4.63. The van der Waals surface area contributed by atoms with Crippen LogP contribution in [0.3, 0.4) is 0 Å². The van der Waals surface area contributed by atoms with Crippen molar-refractivity contribution >= 4 is 29.2 Å². The van der Waals surface area contributed by atoms with Crippen LogP contribution in [0, 0.1) is 10.1 Å². The Morgan fingerprint density at radius 2 is 2.20 bits per heavy atom. The number of ether oxygens (including phenoxy) is 1. The lowest BCUT2D eigenvalue weighted by molar-refractivity contribution is -0.387. The molecular weight excluding hydrogens is 286 g/mol. The molecule has 0 aliphatic carbocycles. The Kier molecular flexibility index (Phi) is 5.22. The summed E-state index contributed by atoms with van der Waals surface area (Å²) in [6, 6.07) is 0. The average molecular weight is 301 g/mol. The first-order valence-electron chi connectivity index (χ1n) is 5.55. The minimum Gasteiger partial charge on any atom is -0.459 e. The van der Waals surface area contributed by atoms with Gasteiger partial charge in [-0.3, -0.25) is 14.9 Å². The number of aromatic nitrogens is 2. The maximum Gasteiger partial charge on any atom is 0.344 e. The highest BCUT2D eigenvalue weighted by Crippen LogP contribution is 2.31. The molecule has 1 aromatic heterocycles. The second kappa shape index (κ2) is 6.48. The van der Waals surface area contributed by atoms with Crippen molar-refractivity contribution in [2.24, 2.45) is 5.84 Å². The van der Waals surface area contributed by atoms with Gasteiger partial charge in [-0.15, -0.1) is 0 Å². The Balaban J connectivity index is 2.83. The van der Waals surface area contributed by atoms with Crippen molar-refractivity contribution in [1.29, 1.82) is 0 Å². The summed E-state index contributed by atoms with van der Waals surface area (Å²) in [6.45, 7) is 5.21. The number of carbonyl (C=O) groups excluding carboxylic acids is 1. The molecular formula is C10H15N5O4S. The number of hydrazine groups is 1. The summed E-state index contributed by atoms with van der Waals surface area (Å²) in [5, 5.41) is 11.0. The van der Waals surface area contributed by atoms with Crippen LogP contribution < -0.4 is 11.3 Å². The first-order valence-corrected chi connectivity index (χ1v) is 6.54. The van der Waals surface area contributed by atoms with E-state index in [0.29, 0.717) is 0 Å². The topological polar surface area (TPSA) is 133 Å². The largest absolute Gasteiger partial charge is 0.459 e. The summed E-state index contributed by atoms with van der Waals surface area (Å²) in [5.74, 6) is 4.45. The van der Waals surface area contributed by atoms with Crippen molar-refractivity contribution in [2.45, 2.75) is 31.4 Å². The van der Waals surface area contributed by atoms with E-state index >= 15 is 0 Å². The molecule has 3 N–H and O–H groups in total. The summed E-state index contributed by atoms with van der Waals surface area (Å²) in [6.07, 6.45) is 1.12. The number of carbonyl (C=O) groups is 1. The Labute approximate surface area is 119 Å². The van der Waals surface area contributed by atoms with Gasteiger partial charge >= 0.3 is 11.7 Å². The second-order valence-corrected chi connectivity index (χ2v) is 5.62.